The molecule has 0 bridgehead atoms. The Morgan fingerprint density at radius 2 is 1.86 bits per heavy atom. The maximum atomic E-state index is 4.21. The number of aromatic nitrogens is 2. The highest BCUT2D eigenvalue weighted by Gasteiger charge is 2.25. The third kappa shape index (κ3) is 2.62. The summed E-state index contributed by atoms with van der Waals surface area (Å²) in [5, 5.41) is 6.24. The van der Waals surface area contributed by atoms with Gasteiger partial charge in [-0.3, -0.25) is 0 Å². The molecule has 1 aliphatic heterocycles. The van der Waals surface area contributed by atoms with E-state index in [9.17, 15) is 0 Å². The molecule has 1 aliphatic rings. The molecule has 3 aromatic rings. The standard InChI is InChI=1S/C18H17N3S/c1-2-6-14(7-3-1)16-10-15-8-4-5-9-18(15)21(11-16)12-17-13-22-20-19-17/h1-9,13,16H,10-12H2. The van der Waals surface area contributed by atoms with Crippen molar-refractivity contribution in [2.45, 2.75) is 18.9 Å². The van der Waals surface area contributed by atoms with Gasteiger partial charge in [-0.15, -0.1) is 5.10 Å². The third-order valence-electron chi connectivity index (χ3n) is 4.27. The second kappa shape index (κ2) is 5.89. The van der Waals surface area contributed by atoms with Crippen LogP contribution in [0.5, 0.6) is 0 Å². The van der Waals surface area contributed by atoms with Crippen LogP contribution < -0.4 is 4.90 Å². The van der Waals surface area contributed by atoms with Gasteiger partial charge in [0.1, 0.15) is 0 Å². The quantitative estimate of drug-likeness (QED) is 0.735. The van der Waals surface area contributed by atoms with Crippen LogP contribution in [0.25, 0.3) is 0 Å². The van der Waals surface area contributed by atoms with Crippen molar-refractivity contribution in [1.29, 1.82) is 0 Å². The third-order valence-corrected chi connectivity index (χ3v) is 4.82. The van der Waals surface area contributed by atoms with Crippen molar-refractivity contribution in [3.63, 3.8) is 0 Å². The molecule has 0 amide bonds. The van der Waals surface area contributed by atoms with Gasteiger partial charge in [0.15, 0.2) is 0 Å². The van der Waals surface area contributed by atoms with Crippen LogP contribution >= 0.6 is 11.5 Å². The smallest absolute Gasteiger partial charge is 0.0948 e. The fourth-order valence-electron chi connectivity index (χ4n) is 3.23. The zero-order valence-corrected chi connectivity index (χ0v) is 13.0. The highest BCUT2D eigenvalue weighted by molar-refractivity contribution is 7.03. The van der Waals surface area contributed by atoms with E-state index in [1.807, 2.05) is 5.38 Å². The van der Waals surface area contributed by atoms with Gasteiger partial charge in [-0.05, 0) is 35.1 Å². The Morgan fingerprint density at radius 3 is 2.68 bits per heavy atom. The van der Waals surface area contributed by atoms with E-state index >= 15 is 0 Å². The highest BCUT2D eigenvalue weighted by Crippen LogP contribution is 2.35. The number of para-hydroxylation sites is 1. The molecular weight excluding hydrogens is 290 g/mol. The van der Waals surface area contributed by atoms with Crippen LogP contribution in [0.4, 0.5) is 5.69 Å². The van der Waals surface area contributed by atoms with Crippen molar-refractivity contribution in [2.75, 3.05) is 11.4 Å². The lowest BCUT2D eigenvalue weighted by atomic mass is 9.87. The molecule has 1 atom stereocenters. The van der Waals surface area contributed by atoms with Gasteiger partial charge in [0.2, 0.25) is 0 Å². The van der Waals surface area contributed by atoms with Crippen molar-refractivity contribution in [3.05, 3.63) is 76.8 Å². The molecule has 22 heavy (non-hydrogen) atoms. The first-order chi connectivity index (χ1) is 10.9. The average molecular weight is 307 g/mol. The van der Waals surface area contributed by atoms with E-state index in [1.54, 1.807) is 0 Å². The highest BCUT2D eigenvalue weighted by atomic mass is 32.1. The summed E-state index contributed by atoms with van der Waals surface area (Å²) in [4.78, 5) is 2.44. The van der Waals surface area contributed by atoms with Crippen LogP contribution in [0.15, 0.2) is 60.0 Å². The van der Waals surface area contributed by atoms with Crippen LogP contribution in [0.2, 0.25) is 0 Å². The Bertz CT molecular complexity index is 740. The van der Waals surface area contributed by atoms with Crippen LogP contribution in [0.3, 0.4) is 0 Å². The fraction of sp³-hybridized carbons (Fsp3) is 0.222. The summed E-state index contributed by atoms with van der Waals surface area (Å²) in [5.74, 6) is 0.530. The van der Waals surface area contributed by atoms with Crippen LogP contribution in [0, 0.1) is 0 Å². The second-order valence-corrected chi connectivity index (χ2v) is 6.33. The van der Waals surface area contributed by atoms with Gasteiger partial charge in [-0.25, -0.2) is 0 Å². The zero-order chi connectivity index (χ0) is 14.8. The average Bonchev–Trinajstić information content (AvgIpc) is 3.09. The first-order valence-corrected chi connectivity index (χ1v) is 8.37. The van der Waals surface area contributed by atoms with Gasteiger partial charge >= 0.3 is 0 Å². The molecular formula is C18H17N3S. The molecule has 0 saturated heterocycles. The fourth-order valence-corrected chi connectivity index (χ4v) is 3.68. The van der Waals surface area contributed by atoms with Gasteiger partial charge in [0.25, 0.3) is 0 Å². The number of hydrogen-bond acceptors (Lipinski definition) is 4. The number of rotatable bonds is 3. The van der Waals surface area contributed by atoms with Gasteiger partial charge in [-0.2, -0.15) is 0 Å². The first-order valence-electron chi connectivity index (χ1n) is 7.54. The summed E-state index contributed by atoms with van der Waals surface area (Å²) in [5.41, 5.74) is 5.22. The molecule has 1 unspecified atom stereocenters. The molecule has 110 valence electrons. The molecule has 0 N–H and O–H groups in total. The number of nitrogens with zero attached hydrogens (tertiary/aromatic N) is 3. The Hall–Kier alpha value is -2.20. The van der Waals surface area contributed by atoms with Gasteiger partial charge in [-0.1, -0.05) is 53.0 Å². The maximum absolute atomic E-state index is 4.21. The minimum absolute atomic E-state index is 0.530. The summed E-state index contributed by atoms with van der Waals surface area (Å²) in [6.07, 6.45) is 1.10. The molecule has 4 heteroatoms. The summed E-state index contributed by atoms with van der Waals surface area (Å²) >= 11 is 1.42. The largest absolute Gasteiger partial charge is 0.365 e. The van der Waals surface area contributed by atoms with Crippen molar-refractivity contribution in [1.82, 2.24) is 9.59 Å². The summed E-state index contributed by atoms with van der Waals surface area (Å²) < 4.78 is 3.99. The van der Waals surface area contributed by atoms with Crippen molar-refractivity contribution < 1.29 is 0 Å². The maximum Gasteiger partial charge on any atom is 0.0948 e. The van der Waals surface area contributed by atoms with Gasteiger partial charge in [0, 0.05) is 23.5 Å². The minimum Gasteiger partial charge on any atom is -0.365 e. The number of benzene rings is 2. The lowest BCUT2D eigenvalue weighted by Crippen LogP contribution is -2.34. The van der Waals surface area contributed by atoms with Crippen LogP contribution in [-0.4, -0.2) is 16.1 Å². The molecule has 0 fully saturated rings. The molecule has 2 aromatic carbocycles. The van der Waals surface area contributed by atoms with E-state index in [0.29, 0.717) is 5.92 Å². The zero-order valence-electron chi connectivity index (χ0n) is 12.2. The van der Waals surface area contributed by atoms with Crippen molar-refractivity contribution >= 4 is 17.2 Å². The summed E-state index contributed by atoms with van der Waals surface area (Å²) in [6.45, 7) is 1.86. The predicted octanol–water partition coefficient (Wildman–Crippen LogP) is 3.88. The Kier molecular flexibility index (Phi) is 3.60. The van der Waals surface area contributed by atoms with E-state index in [-0.39, 0.29) is 0 Å². The summed E-state index contributed by atoms with van der Waals surface area (Å²) in [7, 11) is 0. The number of hydrogen-bond donors (Lipinski definition) is 0. The Labute approximate surface area is 134 Å². The number of anilines is 1. The molecule has 0 spiro atoms. The van der Waals surface area contributed by atoms with Crippen molar-refractivity contribution in [3.8, 4) is 0 Å². The SMILES string of the molecule is c1ccc(C2Cc3ccccc3N(Cc3csnn3)C2)cc1. The molecule has 0 radical (unpaired) electrons. The second-order valence-electron chi connectivity index (χ2n) is 5.72. The molecule has 0 aliphatic carbocycles. The lowest BCUT2D eigenvalue weighted by molar-refractivity contribution is 0.603. The summed E-state index contributed by atoms with van der Waals surface area (Å²) in [6, 6.07) is 19.5. The van der Waals surface area contributed by atoms with E-state index in [0.717, 1.165) is 25.2 Å². The van der Waals surface area contributed by atoms with E-state index in [4.69, 9.17) is 0 Å². The van der Waals surface area contributed by atoms with Gasteiger partial charge in [0.05, 0.1) is 12.2 Å². The van der Waals surface area contributed by atoms with Crippen molar-refractivity contribution in [2.24, 2.45) is 0 Å². The molecule has 3 nitrogen and oxygen atoms in total. The molecule has 4 rings (SSSR count). The van der Waals surface area contributed by atoms with Gasteiger partial charge < -0.3 is 4.90 Å². The van der Waals surface area contributed by atoms with Crippen LogP contribution in [0.1, 0.15) is 22.7 Å². The van der Waals surface area contributed by atoms with E-state index in [1.165, 1.54) is 28.3 Å². The molecule has 1 aromatic heterocycles. The van der Waals surface area contributed by atoms with Crippen LogP contribution in [-0.2, 0) is 13.0 Å². The number of fused-ring (bicyclic) bond motifs is 1. The first kappa shape index (κ1) is 13.5. The molecule has 0 saturated carbocycles. The minimum atomic E-state index is 0.530. The molecule has 2 heterocycles. The Balaban J connectivity index is 1.67. The topological polar surface area (TPSA) is 29.0 Å². The van der Waals surface area contributed by atoms with E-state index in [2.05, 4.69) is 69.1 Å². The predicted molar refractivity (Wildman–Crippen MR) is 90.3 cm³/mol. The Morgan fingerprint density at radius 1 is 1.05 bits per heavy atom. The normalized spacial score (nSPS) is 17.3. The van der Waals surface area contributed by atoms with E-state index < -0.39 is 0 Å². The monoisotopic (exact) mass is 307 g/mol. The lowest BCUT2D eigenvalue weighted by Gasteiger charge is -2.36.